The molecule has 0 radical (unpaired) electrons. The molecule has 1 aliphatic rings. The fourth-order valence-electron chi connectivity index (χ4n) is 2.93. The van der Waals surface area contributed by atoms with Crippen LogP contribution in [0.2, 0.25) is 0 Å². The summed E-state index contributed by atoms with van der Waals surface area (Å²) in [5, 5.41) is 4.40. The van der Waals surface area contributed by atoms with Crippen LogP contribution in [0.3, 0.4) is 0 Å². The number of rotatable bonds is 5. The molecule has 4 heteroatoms. The van der Waals surface area contributed by atoms with Gasteiger partial charge in [-0.1, -0.05) is 18.9 Å². The topological polar surface area (TPSA) is 21.3 Å². The lowest BCUT2D eigenvalue weighted by molar-refractivity contribution is 0.354. The molecule has 1 saturated carbocycles. The predicted octanol–water partition coefficient (Wildman–Crippen LogP) is 4.16. The molecule has 1 aliphatic carbocycles. The highest BCUT2D eigenvalue weighted by atomic mass is 32.2. The number of thioether (sulfide) groups is 1. The minimum atomic E-state index is -0.303. The van der Waals surface area contributed by atoms with Gasteiger partial charge < -0.3 is 10.1 Å². The Balaban J connectivity index is 2.05. The van der Waals surface area contributed by atoms with E-state index in [-0.39, 0.29) is 11.9 Å². The molecule has 0 bridgehead atoms. The van der Waals surface area contributed by atoms with Gasteiger partial charge in [0.1, 0.15) is 0 Å². The highest BCUT2D eigenvalue weighted by Gasteiger charge is 2.25. The van der Waals surface area contributed by atoms with Crippen LogP contribution < -0.4 is 10.1 Å². The first kappa shape index (κ1) is 15.6. The van der Waals surface area contributed by atoms with Crippen molar-refractivity contribution in [3.8, 4) is 5.75 Å². The van der Waals surface area contributed by atoms with Gasteiger partial charge in [-0.25, -0.2) is 4.39 Å². The molecule has 1 N–H and O–H groups in total. The molecule has 0 amide bonds. The Morgan fingerprint density at radius 3 is 2.80 bits per heavy atom. The predicted molar refractivity (Wildman–Crippen MR) is 84.1 cm³/mol. The number of benzene rings is 1. The molecule has 1 fully saturated rings. The number of halogens is 1. The molecule has 0 aliphatic heterocycles. The summed E-state index contributed by atoms with van der Waals surface area (Å²) in [6.45, 7) is 2.14. The molecule has 1 aromatic rings. The molecular weight excluding hydrogens is 273 g/mol. The summed E-state index contributed by atoms with van der Waals surface area (Å²) in [6, 6.07) is 5.88. The third-order valence-electron chi connectivity index (χ3n) is 4.14. The molecule has 1 aromatic carbocycles. The van der Waals surface area contributed by atoms with Crippen molar-refractivity contribution in [3.63, 3.8) is 0 Å². The second kappa shape index (κ2) is 7.32. The highest BCUT2D eigenvalue weighted by Crippen LogP contribution is 2.30. The molecule has 0 saturated heterocycles. The molecule has 112 valence electrons. The van der Waals surface area contributed by atoms with E-state index in [1.807, 2.05) is 17.8 Å². The van der Waals surface area contributed by atoms with Crippen molar-refractivity contribution >= 4 is 11.8 Å². The van der Waals surface area contributed by atoms with Crippen LogP contribution in [-0.2, 0) is 0 Å². The van der Waals surface area contributed by atoms with Gasteiger partial charge in [-0.3, -0.25) is 0 Å². The van der Waals surface area contributed by atoms with Crippen LogP contribution in [-0.4, -0.2) is 24.7 Å². The van der Waals surface area contributed by atoms with Crippen LogP contribution in [0.1, 0.15) is 44.2 Å². The number of nitrogens with one attached hydrogen (secondary N) is 1. The Morgan fingerprint density at radius 2 is 2.10 bits per heavy atom. The van der Waals surface area contributed by atoms with Crippen LogP contribution >= 0.6 is 11.8 Å². The average Bonchev–Trinajstić information content (AvgIpc) is 2.48. The van der Waals surface area contributed by atoms with Crippen molar-refractivity contribution in [1.29, 1.82) is 0 Å². The van der Waals surface area contributed by atoms with Gasteiger partial charge in [0.25, 0.3) is 0 Å². The Hall–Kier alpha value is -0.740. The SMILES string of the molecule is COc1cc(C(C)NC2CCCCC2SC)ccc1F. The molecule has 0 aromatic heterocycles. The number of hydrogen-bond donors (Lipinski definition) is 1. The summed E-state index contributed by atoms with van der Waals surface area (Å²) in [5.74, 6) is 0.0179. The lowest BCUT2D eigenvalue weighted by Crippen LogP contribution is -2.41. The zero-order valence-electron chi connectivity index (χ0n) is 12.5. The second-order valence-electron chi connectivity index (χ2n) is 5.45. The van der Waals surface area contributed by atoms with Crippen molar-refractivity contribution in [2.45, 2.75) is 49.9 Å². The first-order chi connectivity index (χ1) is 9.65. The van der Waals surface area contributed by atoms with Gasteiger partial charge in [0.2, 0.25) is 0 Å². The van der Waals surface area contributed by atoms with Crippen molar-refractivity contribution in [2.24, 2.45) is 0 Å². The van der Waals surface area contributed by atoms with Gasteiger partial charge in [0.05, 0.1) is 7.11 Å². The van der Waals surface area contributed by atoms with Crippen LogP contribution in [0, 0.1) is 5.82 Å². The van der Waals surface area contributed by atoms with Gasteiger partial charge in [0, 0.05) is 17.3 Å². The maximum absolute atomic E-state index is 13.5. The lowest BCUT2D eigenvalue weighted by atomic mass is 9.93. The first-order valence-corrected chi connectivity index (χ1v) is 8.56. The maximum atomic E-state index is 13.5. The summed E-state index contributed by atoms with van der Waals surface area (Å²) < 4.78 is 18.5. The first-order valence-electron chi connectivity index (χ1n) is 7.28. The van der Waals surface area contributed by atoms with E-state index in [2.05, 4.69) is 18.5 Å². The Bertz CT molecular complexity index is 440. The van der Waals surface area contributed by atoms with E-state index < -0.39 is 0 Å². The Morgan fingerprint density at radius 1 is 1.35 bits per heavy atom. The quantitative estimate of drug-likeness (QED) is 0.882. The van der Waals surface area contributed by atoms with E-state index >= 15 is 0 Å². The summed E-state index contributed by atoms with van der Waals surface area (Å²) >= 11 is 1.95. The normalized spacial score (nSPS) is 24.4. The van der Waals surface area contributed by atoms with E-state index in [0.717, 1.165) is 5.56 Å². The van der Waals surface area contributed by atoms with Crippen molar-refractivity contribution < 1.29 is 9.13 Å². The smallest absolute Gasteiger partial charge is 0.165 e. The second-order valence-corrected chi connectivity index (χ2v) is 6.52. The standard InChI is InChI=1S/C16H24FNOS/c1-11(12-8-9-13(17)15(10-12)19-2)18-14-6-4-5-7-16(14)20-3/h8-11,14,16,18H,4-7H2,1-3H3. The van der Waals surface area contributed by atoms with Gasteiger partial charge in [-0.05, 0) is 43.7 Å². The molecule has 2 nitrogen and oxygen atoms in total. The average molecular weight is 297 g/mol. The molecule has 0 heterocycles. The summed E-state index contributed by atoms with van der Waals surface area (Å²) in [6.07, 6.45) is 7.35. The summed E-state index contributed by atoms with van der Waals surface area (Å²) in [7, 11) is 1.51. The van der Waals surface area contributed by atoms with Crippen molar-refractivity contribution in [2.75, 3.05) is 13.4 Å². The number of methoxy groups -OCH3 is 1. The van der Waals surface area contributed by atoms with Gasteiger partial charge in [0.15, 0.2) is 11.6 Å². The monoisotopic (exact) mass is 297 g/mol. The Kier molecular flexibility index (Phi) is 5.73. The highest BCUT2D eigenvalue weighted by molar-refractivity contribution is 7.99. The minimum absolute atomic E-state index is 0.210. The molecule has 2 rings (SSSR count). The molecule has 20 heavy (non-hydrogen) atoms. The van der Waals surface area contributed by atoms with E-state index in [1.54, 1.807) is 6.07 Å². The van der Waals surface area contributed by atoms with E-state index in [4.69, 9.17) is 4.74 Å². The van der Waals surface area contributed by atoms with Gasteiger partial charge in [-0.15, -0.1) is 0 Å². The van der Waals surface area contributed by atoms with Crippen LogP contribution in [0.15, 0.2) is 18.2 Å². The number of hydrogen-bond acceptors (Lipinski definition) is 3. The van der Waals surface area contributed by atoms with E-state index in [9.17, 15) is 4.39 Å². The van der Waals surface area contributed by atoms with E-state index in [1.165, 1.54) is 38.9 Å². The fourth-order valence-corrected chi connectivity index (χ4v) is 3.88. The van der Waals surface area contributed by atoms with Crippen LogP contribution in [0.25, 0.3) is 0 Å². The van der Waals surface area contributed by atoms with Crippen LogP contribution in [0.5, 0.6) is 5.75 Å². The maximum Gasteiger partial charge on any atom is 0.165 e. The minimum Gasteiger partial charge on any atom is -0.494 e. The summed E-state index contributed by atoms with van der Waals surface area (Å²) in [4.78, 5) is 0. The lowest BCUT2D eigenvalue weighted by Gasteiger charge is -2.33. The van der Waals surface area contributed by atoms with Crippen molar-refractivity contribution in [1.82, 2.24) is 5.32 Å². The third-order valence-corrected chi connectivity index (χ3v) is 5.31. The fraction of sp³-hybridized carbons (Fsp3) is 0.625. The van der Waals surface area contributed by atoms with E-state index in [0.29, 0.717) is 17.0 Å². The Labute approximate surface area is 125 Å². The van der Waals surface area contributed by atoms with Gasteiger partial charge in [-0.2, -0.15) is 11.8 Å². The molecular formula is C16H24FNOS. The zero-order chi connectivity index (χ0) is 14.5. The number of ether oxygens (including phenoxy) is 1. The molecule has 3 atom stereocenters. The summed E-state index contributed by atoms with van der Waals surface area (Å²) in [5.41, 5.74) is 1.08. The third kappa shape index (κ3) is 3.67. The zero-order valence-corrected chi connectivity index (χ0v) is 13.3. The van der Waals surface area contributed by atoms with Crippen molar-refractivity contribution in [3.05, 3.63) is 29.6 Å². The van der Waals surface area contributed by atoms with Gasteiger partial charge >= 0.3 is 0 Å². The largest absolute Gasteiger partial charge is 0.494 e. The van der Waals surface area contributed by atoms with Crippen LogP contribution in [0.4, 0.5) is 4.39 Å². The molecule has 0 spiro atoms. The molecule has 3 unspecified atom stereocenters.